The fourth-order valence-corrected chi connectivity index (χ4v) is 3.62. The molecule has 1 saturated carbocycles. The van der Waals surface area contributed by atoms with Crippen molar-refractivity contribution in [3.05, 3.63) is 17.5 Å². The summed E-state index contributed by atoms with van der Waals surface area (Å²) in [5, 5.41) is 11.1. The van der Waals surface area contributed by atoms with Gasteiger partial charge in [-0.15, -0.1) is 21.5 Å². The molecule has 0 bridgehead atoms. The minimum absolute atomic E-state index is 0.238. The van der Waals surface area contributed by atoms with Gasteiger partial charge in [-0.2, -0.15) is 0 Å². The average Bonchev–Trinajstić information content (AvgIpc) is 2.99. The molecule has 2 aromatic rings. The van der Waals surface area contributed by atoms with Crippen molar-refractivity contribution in [2.24, 2.45) is 0 Å². The molecule has 1 aliphatic rings. The van der Waals surface area contributed by atoms with Crippen LogP contribution in [0, 0.1) is 0 Å². The van der Waals surface area contributed by atoms with E-state index in [-0.39, 0.29) is 11.2 Å². The third kappa shape index (κ3) is 2.60. The second-order valence-electron chi connectivity index (χ2n) is 4.67. The maximum atomic E-state index is 11.5. The number of aromatic nitrogens is 3. The summed E-state index contributed by atoms with van der Waals surface area (Å²) in [5.74, 6) is 0.667. The number of ether oxygens (including phenoxy) is 1. The molecule has 0 aromatic carbocycles. The number of esters is 1. The molecular formula is C13H15N3O2S2. The van der Waals surface area contributed by atoms with Gasteiger partial charge in [-0.3, -0.25) is 9.36 Å². The number of rotatable bonds is 5. The summed E-state index contributed by atoms with van der Waals surface area (Å²) >= 11 is 3.06. The van der Waals surface area contributed by atoms with Gasteiger partial charge < -0.3 is 4.74 Å². The Bertz CT molecular complexity index is 605. The standard InChI is InChI=1S/C13H15N3O2S2/c1-8(12(17)18-2)20-13-15-14-11(10-4-3-7-19-10)16(13)9-5-6-9/h3-4,7-9H,5-6H2,1-2H3. The van der Waals surface area contributed by atoms with Gasteiger partial charge in [-0.1, -0.05) is 17.8 Å². The smallest absolute Gasteiger partial charge is 0.318 e. The largest absolute Gasteiger partial charge is 0.468 e. The third-order valence-corrected chi connectivity index (χ3v) is 5.03. The Labute approximate surface area is 125 Å². The number of hydrogen-bond donors (Lipinski definition) is 0. The summed E-state index contributed by atoms with van der Waals surface area (Å²) in [7, 11) is 1.40. The first kappa shape index (κ1) is 13.6. The zero-order valence-electron chi connectivity index (χ0n) is 11.3. The van der Waals surface area contributed by atoms with Crippen LogP contribution in [0.25, 0.3) is 10.7 Å². The highest BCUT2D eigenvalue weighted by atomic mass is 32.2. The number of thioether (sulfide) groups is 1. The molecule has 0 amide bonds. The predicted molar refractivity (Wildman–Crippen MR) is 78.9 cm³/mol. The van der Waals surface area contributed by atoms with Crippen LogP contribution in [0.2, 0.25) is 0 Å². The van der Waals surface area contributed by atoms with Crippen LogP contribution in [0.15, 0.2) is 22.7 Å². The molecule has 1 unspecified atom stereocenters. The third-order valence-electron chi connectivity index (χ3n) is 3.13. The molecule has 106 valence electrons. The van der Waals surface area contributed by atoms with Gasteiger partial charge in [-0.25, -0.2) is 0 Å². The molecule has 5 nitrogen and oxygen atoms in total. The minimum atomic E-state index is -0.280. The Kier molecular flexibility index (Phi) is 3.80. The first-order chi connectivity index (χ1) is 9.70. The van der Waals surface area contributed by atoms with Crippen LogP contribution in [0.5, 0.6) is 0 Å². The Morgan fingerprint density at radius 1 is 1.55 bits per heavy atom. The maximum absolute atomic E-state index is 11.5. The van der Waals surface area contributed by atoms with Crippen LogP contribution in [0.1, 0.15) is 25.8 Å². The van der Waals surface area contributed by atoms with Crippen LogP contribution >= 0.6 is 23.1 Å². The minimum Gasteiger partial charge on any atom is -0.468 e. The lowest BCUT2D eigenvalue weighted by Gasteiger charge is -2.10. The molecule has 1 fully saturated rings. The first-order valence-corrected chi connectivity index (χ1v) is 8.20. The van der Waals surface area contributed by atoms with Gasteiger partial charge in [0, 0.05) is 6.04 Å². The Morgan fingerprint density at radius 3 is 2.95 bits per heavy atom. The van der Waals surface area contributed by atoms with Crippen molar-refractivity contribution in [1.82, 2.24) is 14.8 Å². The van der Waals surface area contributed by atoms with Crippen LogP contribution in [0.4, 0.5) is 0 Å². The monoisotopic (exact) mass is 309 g/mol. The zero-order chi connectivity index (χ0) is 14.1. The molecule has 0 radical (unpaired) electrons. The van der Waals surface area contributed by atoms with E-state index in [4.69, 9.17) is 4.74 Å². The molecule has 2 aromatic heterocycles. The second kappa shape index (κ2) is 5.57. The summed E-state index contributed by atoms with van der Waals surface area (Å²) in [5.41, 5.74) is 0. The van der Waals surface area contributed by atoms with E-state index in [1.54, 1.807) is 11.3 Å². The van der Waals surface area contributed by atoms with E-state index in [1.807, 2.05) is 24.4 Å². The second-order valence-corrected chi connectivity index (χ2v) is 6.92. The van der Waals surface area contributed by atoms with E-state index in [0.717, 1.165) is 28.7 Å². The lowest BCUT2D eigenvalue weighted by Crippen LogP contribution is -2.15. The molecule has 1 atom stereocenters. The fraction of sp³-hybridized carbons (Fsp3) is 0.462. The summed E-state index contributed by atoms with van der Waals surface area (Å²) in [4.78, 5) is 12.7. The van der Waals surface area contributed by atoms with Gasteiger partial charge in [0.1, 0.15) is 5.25 Å². The van der Waals surface area contributed by atoms with Crippen molar-refractivity contribution in [1.29, 1.82) is 0 Å². The van der Waals surface area contributed by atoms with E-state index in [2.05, 4.69) is 14.8 Å². The maximum Gasteiger partial charge on any atom is 0.318 e. The Hall–Kier alpha value is -1.34. The molecule has 0 spiro atoms. The summed E-state index contributed by atoms with van der Waals surface area (Å²) in [6, 6.07) is 4.52. The molecule has 20 heavy (non-hydrogen) atoms. The number of carbonyl (C=O) groups excluding carboxylic acids is 1. The lowest BCUT2D eigenvalue weighted by molar-refractivity contribution is -0.139. The fourth-order valence-electron chi connectivity index (χ4n) is 1.97. The zero-order valence-corrected chi connectivity index (χ0v) is 12.9. The summed E-state index contributed by atoms with van der Waals surface area (Å²) in [6.07, 6.45) is 2.30. The van der Waals surface area contributed by atoms with Gasteiger partial charge in [0.2, 0.25) is 0 Å². The van der Waals surface area contributed by atoms with Crippen molar-refractivity contribution >= 4 is 29.1 Å². The Balaban J connectivity index is 1.90. The number of carbonyl (C=O) groups is 1. The van der Waals surface area contributed by atoms with Crippen LogP contribution in [-0.2, 0) is 9.53 Å². The van der Waals surface area contributed by atoms with Crippen molar-refractivity contribution in [2.45, 2.75) is 36.2 Å². The average molecular weight is 309 g/mol. The van der Waals surface area contributed by atoms with Crippen LogP contribution in [-0.4, -0.2) is 33.1 Å². The molecule has 0 saturated heterocycles. The van der Waals surface area contributed by atoms with E-state index in [1.165, 1.54) is 18.9 Å². The quantitative estimate of drug-likeness (QED) is 0.628. The van der Waals surface area contributed by atoms with Crippen molar-refractivity contribution in [3.8, 4) is 10.7 Å². The molecule has 3 rings (SSSR count). The van der Waals surface area contributed by atoms with E-state index < -0.39 is 0 Å². The van der Waals surface area contributed by atoms with Crippen molar-refractivity contribution in [2.75, 3.05) is 7.11 Å². The SMILES string of the molecule is COC(=O)C(C)Sc1nnc(-c2cccs2)n1C1CC1. The van der Waals surface area contributed by atoms with E-state index >= 15 is 0 Å². The van der Waals surface area contributed by atoms with Crippen molar-refractivity contribution in [3.63, 3.8) is 0 Å². The first-order valence-electron chi connectivity index (χ1n) is 6.44. The van der Waals surface area contributed by atoms with E-state index in [9.17, 15) is 4.79 Å². The highest BCUT2D eigenvalue weighted by Crippen LogP contribution is 2.42. The number of methoxy groups -OCH3 is 1. The molecule has 2 heterocycles. The lowest BCUT2D eigenvalue weighted by atomic mass is 10.4. The van der Waals surface area contributed by atoms with Crippen molar-refractivity contribution < 1.29 is 9.53 Å². The van der Waals surface area contributed by atoms with Gasteiger partial charge in [0.05, 0.1) is 12.0 Å². The number of thiophene rings is 1. The summed E-state index contributed by atoms with van der Waals surface area (Å²) in [6.45, 7) is 1.83. The highest BCUT2D eigenvalue weighted by Gasteiger charge is 2.31. The van der Waals surface area contributed by atoms with Gasteiger partial charge in [0.15, 0.2) is 11.0 Å². The predicted octanol–water partition coefficient (Wildman–Crippen LogP) is 3.00. The van der Waals surface area contributed by atoms with Gasteiger partial charge in [0.25, 0.3) is 0 Å². The van der Waals surface area contributed by atoms with Crippen LogP contribution in [0.3, 0.4) is 0 Å². The number of nitrogens with zero attached hydrogens (tertiary/aromatic N) is 3. The van der Waals surface area contributed by atoms with Gasteiger partial charge in [-0.05, 0) is 31.2 Å². The topological polar surface area (TPSA) is 57.0 Å². The highest BCUT2D eigenvalue weighted by molar-refractivity contribution is 8.00. The molecule has 0 N–H and O–H groups in total. The summed E-state index contributed by atoms with van der Waals surface area (Å²) < 4.78 is 6.93. The number of hydrogen-bond acceptors (Lipinski definition) is 6. The normalized spacial score (nSPS) is 16.1. The van der Waals surface area contributed by atoms with E-state index in [0.29, 0.717) is 6.04 Å². The molecular weight excluding hydrogens is 294 g/mol. The molecule has 1 aliphatic carbocycles. The van der Waals surface area contributed by atoms with Gasteiger partial charge >= 0.3 is 5.97 Å². The van der Waals surface area contributed by atoms with Crippen LogP contribution < -0.4 is 0 Å². The molecule has 7 heteroatoms. The Morgan fingerprint density at radius 2 is 2.35 bits per heavy atom. The molecule has 0 aliphatic heterocycles.